The molecule has 3 atom stereocenters. The Bertz CT molecular complexity index is 1850. The zero-order chi connectivity index (χ0) is 34.1. The monoisotopic (exact) mass is 655 g/mol. The molecule has 49 heavy (non-hydrogen) atoms. The van der Waals surface area contributed by atoms with Crippen molar-refractivity contribution in [1.82, 2.24) is 9.80 Å². The molecule has 4 aromatic rings. The molecule has 1 saturated heterocycles. The summed E-state index contributed by atoms with van der Waals surface area (Å²) in [5.74, 6) is -0.675. The van der Waals surface area contributed by atoms with Crippen LogP contribution in [-0.4, -0.2) is 59.0 Å². The minimum Gasteiger partial charge on any atom is -0.497 e. The highest BCUT2D eigenvalue weighted by Crippen LogP contribution is 2.46. The summed E-state index contributed by atoms with van der Waals surface area (Å²) in [6.07, 6.45) is 3.41. The van der Waals surface area contributed by atoms with E-state index in [1.54, 1.807) is 55.6 Å². The minimum atomic E-state index is -0.394. The van der Waals surface area contributed by atoms with Gasteiger partial charge < -0.3 is 9.64 Å². The first-order chi connectivity index (χ1) is 23.9. The van der Waals surface area contributed by atoms with E-state index in [2.05, 4.69) is 0 Å². The van der Waals surface area contributed by atoms with Gasteiger partial charge in [-0.15, -0.1) is 0 Å². The lowest BCUT2D eigenvalue weighted by Gasteiger charge is -2.48. The Morgan fingerprint density at radius 3 is 1.71 bits per heavy atom. The first kappa shape index (κ1) is 32.0. The summed E-state index contributed by atoms with van der Waals surface area (Å²) in [6.45, 7) is 0.261. The molecule has 3 aliphatic rings. The summed E-state index contributed by atoms with van der Waals surface area (Å²) in [4.78, 5) is 71.0. The first-order valence-electron chi connectivity index (χ1n) is 16.8. The maximum Gasteiger partial charge on any atom is 0.261 e. The predicted octanol–water partition coefficient (Wildman–Crippen LogP) is 6.70. The second-order valence-corrected chi connectivity index (χ2v) is 12.8. The standard InChI is InChI=1S/C40H37N3O6/c1-49-29-23-21-26(22-24-29)35-34(40(48)42(35)27-12-3-2-4-13-27)20-11-15-28(43-38(46)32-18-7-8-19-33(32)39(43)47)14-9-10-25-41-36(44)30-16-5-6-17-31(30)37(41)45/h2-8,12-13,16-19,21-24,28,34-35H,9-11,14-15,20,25H2,1H3/t28?,34-,35-/m1/s1. The minimum absolute atomic E-state index is 0.0465. The maximum absolute atomic E-state index is 13.6. The van der Waals surface area contributed by atoms with Crippen LogP contribution in [0, 0.1) is 5.92 Å². The van der Waals surface area contributed by atoms with Gasteiger partial charge in [0.05, 0.1) is 41.3 Å². The van der Waals surface area contributed by atoms with Crippen molar-refractivity contribution in [1.29, 1.82) is 0 Å². The summed E-state index contributed by atoms with van der Waals surface area (Å²) >= 11 is 0. The Morgan fingerprint density at radius 1 is 0.612 bits per heavy atom. The van der Waals surface area contributed by atoms with E-state index in [1.807, 2.05) is 59.5 Å². The van der Waals surface area contributed by atoms with Crippen LogP contribution in [-0.2, 0) is 4.79 Å². The molecular formula is C40H37N3O6. The highest BCUT2D eigenvalue weighted by molar-refractivity contribution is 6.22. The molecular weight excluding hydrogens is 618 g/mol. The van der Waals surface area contributed by atoms with Crippen LogP contribution >= 0.6 is 0 Å². The third-order valence-electron chi connectivity index (χ3n) is 10.00. The number of unbranched alkanes of at least 4 members (excludes halogenated alkanes) is 1. The van der Waals surface area contributed by atoms with Gasteiger partial charge in [0.25, 0.3) is 23.6 Å². The molecule has 248 valence electrons. The number of para-hydroxylation sites is 1. The Kier molecular flexibility index (Phi) is 8.82. The molecule has 3 aliphatic heterocycles. The zero-order valence-corrected chi connectivity index (χ0v) is 27.3. The molecule has 3 heterocycles. The molecule has 1 fully saturated rings. The predicted molar refractivity (Wildman–Crippen MR) is 183 cm³/mol. The van der Waals surface area contributed by atoms with Crippen LogP contribution in [0.2, 0.25) is 0 Å². The summed E-state index contributed by atoms with van der Waals surface area (Å²) < 4.78 is 5.36. The van der Waals surface area contributed by atoms with Gasteiger partial charge in [-0.1, -0.05) is 61.0 Å². The molecule has 9 nitrogen and oxygen atoms in total. The summed E-state index contributed by atoms with van der Waals surface area (Å²) in [7, 11) is 1.62. The number of carbonyl (C=O) groups is 5. The van der Waals surface area contributed by atoms with Gasteiger partial charge in [0.2, 0.25) is 5.91 Å². The van der Waals surface area contributed by atoms with Crippen LogP contribution < -0.4 is 9.64 Å². The van der Waals surface area contributed by atoms with E-state index in [0.717, 1.165) is 17.0 Å². The van der Waals surface area contributed by atoms with Crippen molar-refractivity contribution < 1.29 is 28.7 Å². The van der Waals surface area contributed by atoms with Crippen molar-refractivity contribution in [3.8, 4) is 5.75 Å². The number of anilines is 1. The molecule has 0 aromatic heterocycles. The number of hydrogen-bond donors (Lipinski definition) is 0. The van der Waals surface area contributed by atoms with E-state index < -0.39 is 6.04 Å². The van der Waals surface area contributed by atoms with E-state index in [1.165, 1.54) is 9.80 Å². The van der Waals surface area contributed by atoms with Crippen molar-refractivity contribution in [3.05, 3.63) is 131 Å². The van der Waals surface area contributed by atoms with Gasteiger partial charge >= 0.3 is 0 Å². The number of rotatable bonds is 13. The Labute approximate surface area is 285 Å². The van der Waals surface area contributed by atoms with Gasteiger partial charge in [0.1, 0.15) is 5.75 Å². The summed E-state index contributed by atoms with van der Waals surface area (Å²) in [5, 5.41) is 0. The molecule has 0 radical (unpaired) electrons. The second-order valence-electron chi connectivity index (χ2n) is 12.8. The third kappa shape index (κ3) is 5.79. The SMILES string of the molecule is COc1ccc([C@@H]2[C@@H](CCCC(CCCCN3C(=O)c4ccccc4C3=O)N3C(=O)c4ccccc4C3=O)C(=O)N2c2ccccc2)cc1. The van der Waals surface area contributed by atoms with E-state index >= 15 is 0 Å². The van der Waals surface area contributed by atoms with Crippen molar-refractivity contribution >= 4 is 35.2 Å². The topological polar surface area (TPSA) is 104 Å². The molecule has 4 aromatic carbocycles. The van der Waals surface area contributed by atoms with Gasteiger partial charge in [-0.2, -0.15) is 0 Å². The number of methoxy groups -OCH3 is 1. The van der Waals surface area contributed by atoms with Crippen LogP contribution in [0.15, 0.2) is 103 Å². The molecule has 0 spiro atoms. The number of benzene rings is 4. The molecule has 7 rings (SSSR count). The number of fused-ring (bicyclic) bond motifs is 2. The molecule has 0 saturated carbocycles. The van der Waals surface area contributed by atoms with Crippen molar-refractivity contribution in [2.24, 2.45) is 5.92 Å². The maximum atomic E-state index is 13.6. The number of nitrogens with zero attached hydrogens (tertiary/aromatic N) is 3. The Hall–Kier alpha value is -5.57. The second kappa shape index (κ2) is 13.5. The highest BCUT2D eigenvalue weighted by Gasteiger charge is 2.48. The molecule has 1 unspecified atom stereocenters. The summed E-state index contributed by atoms with van der Waals surface area (Å²) in [6, 6.07) is 30.6. The number of ether oxygens (including phenoxy) is 1. The van der Waals surface area contributed by atoms with Gasteiger partial charge in [-0.25, -0.2) is 0 Å². The third-order valence-corrected chi connectivity index (χ3v) is 10.00. The number of carbonyl (C=O) groups excluding carboxylic acids is 5. The van der Waals surface area contributed by atoms with E-state index in [4.69, 9.17) is 4.74 Å². The van der Waals surface area contributed by atoms with Crippen LogP contribution in [0.5, 0.6) is 5.75 Å². The van der Waals surface area contributed by atoms with Gasteiger partial charge in [0, 0.05) is 18.3 Å². The van der Waals surface area contributed by atoms with Crippen LogP contribution in [0.25, 0.3) is 0 Å². The Morgan fingerprint density at radius 2 is 1.14 bits per heavy atom. The van der Waals surface area contributed by atoms with Gasteiger partial charge in [-0.05, 0) is 86.2 Å². The van der Waals surface area contributed by atoms with E-state index in [9.17, 15) is 24.0 Å². The molecule has 0 aliphatic carbocycles. The molecule has 0 N–H and O–H groups in total. The van der Waals surface area contributed by atoms with Crippen molar-refractivity contribution in [2.45, 2.75) is 50.6 Å². The van der Waals surface area contributed by atoms with Crippen molar-refractivity contribution in [3.63, 3.8) is 0 Å². The quantitative estimate of drug-likeness (QED) is 0.0902. The molecule has 9 heteroatoms. The van der Waals surface area contributed by atoms with Gasteiger partial charge in [-0.3, -0.25) is 33.8 Å². The van der Waals surface area contributed by atoms with Crippen LogP contribution in [0.1, 0.15) is 91.6 Å². The lowest BCUT2D eigenvalue weighted by atomic mass is 9.78. The number of imide groups is 2. The van der Waals surface area contributed by atoms with Crippen molar-refractivity contribution in [2.75, 3.05) is 18.6 Å². The molecule has 5 amide bonds. The average molecular weight is 656 g/mol. The highest BCUT2D eigenvalue weighted by atomic mass is 16.5. The number of β-lactam (4-membered cyclic amide) rings is 1. The fourth-order valence-corrected chi connectivity index (χ4v) is 7.50. The van der Waals surface area contributed by atoms with E-state index in [0.29, 0.717) is 60.8 Å². The molecule has 0 bridgehead atoms. The fourth-order valence-electron chi connectivity index (χ4n) is 7.50. The lowest BCUT2D eigenvalue weighted by Crippen LogP contribution is -2.55. The summed E-state index contributed by atoms with van der Waals surface area (Å²) in [5.41, 5.74) is 3.49. The Balaban J connectivity index is 1.05. The van der Waals surface area contributed by atoms with Crippen LogP contribution in [0.4, 0.5) is 5.69 Å². The lowest BCUT2D eigenvalue weighted by molar-refractivity contribution is -0.130. The smallest absolute Gasteiger partial charge is 0.261 e. The fraction of sp³-hybridized carbons (Fsp3) is 0.275. The first-order valence-corrected chi connectivity index (χ1v) is 16.8. The van der Waals surface area contributed by atoms with Crippen LogP contribution in [0.3, 0.4) is 0 Å². The number of amides is 5. The number of hydrogen-bond acceptors (Lipinski definition) is 6. The average Bonchev–Trinajstić information content (AvgIpc) is 3.54. The zero-order valence-electron chi connectivity index (χ0n) is 27.3. The van der Waals surface area contributed by atoms with Gasteiger partial charge in [0.15, 0.2) is 0 Å². The normalized spacial score (nSPS) is 18.9. The largest absolute Gasteiger partial charge is 0.497 e. The van der Waals surface area contributed by atoms with E-state index in [-0.39, 0.29) is 48.0 Å².